The van der Waals surface area contributed by atoms with E-state index in [-0.39, 0.29) is 5.38 Å². The van der Waals surface area contributed by atoms with E-state index < -0.39 is 0 Å². The molecule has 0 aliphatic heterocycles. The van der Waals surface area contributed by atoms with E-state index in [2.05, 4.69) is 41.5 Å². The summed E-state index contributed by atoms with van der Waals surface area (Å²) >= 11 is 9.80. The Hall–Kier alpha value is -1.46. The van der Waals surface area contributed by atoms with Gasteiger partial charge in [0.1, 0.15) is 11.6 Å². The zero-order chi connectivity index (χ0) is 15.0. The second-order valence-corrected chi connectivity index (χ2v) is 6.47. The molecule has 3 rings (SSSR count). The van der Waals surface area contributed by atoms with E-state index in [0.717, 1.165) is 32.8 Å². The minimum absolute atomic E-state index is 0.167. The summed E-state index contributed by atoms with van der Waals surface area (Å²) < 4.78 is 3.13. The number of aromatic nitrogens is 4. The van der Waals surface area contributed by atoms with Crippen molar-refractivity contribution in [3.05, 3.63) is 52.3 Å². The zero-order valence-corrected chi connectivity index (χ0v) is 14.1. The van der Waals surface area contributed by atoms with Gasteiger partial charge in [0, 0.05) is 10.7 Å². The number of imidazole rings is 1. The lowest BCUT2D eigenvalue weighted by Crippen LogP contribution is -2.08. The van der Waals surface area contributed by atoms with Crippen LogP contribution < -0.4 is 0 Å². The first kappa shape index (κ1) is 14.5. The molecular formula is C15H14BrClN4. The van der Waals surface area contributed by atoms with Crippen LogP contribution in [0.3, 0.4) is 0 Å². The Morgan fingerprint density at radius 3 is 2.81 bits per heavy atom. The van der Waals surface area contributed by atoms with E-state index >= 15 is 0 Å². The quantitative estimate of drug-likeness (QED) is 0.652. The molecule has 1 unspecified atom stereocenters. The van der Waals surface area contributed by atoms with Gasteiger partial charge in [-0.05, 0) is 38.1 Å². The molecular weight excluding hydrogens is 352 g/mol. The van der Waals surface area contributed by atoms with Crippen LogP contribution in [0.2, 0.25) is 0 Å². The molecule has 2 aromatic heterocycles. The summed E-state index contributed by atoms with van der Waals surface area (Å²) in [6, 6.07) is 7.94. The van der Waals surface area contributed by atoms with E-state index in [9.17, 15) is 0 Å². The van der Waals surface area contributed by atoms with Crippen LogP contribution in [0, 0.1) is 6.92 Å². The Kier molecular flexibility index (Phi) is 3.95. The van der Waals surface area contributed by atoms with Crippen molar-refractivity contribution in [2.45, 2.75) is 25.8 Å². The summed E-state index contributed by atoms with van der Waals surface area (Å²) in [5, 5.41) is -0.167. The van der Waals surface area contributed by atoms with Gasteiger partial charge in [0.15, 0.2) is 0 Å². The largest absolute Gasteiger partial charge is 0.321 e. The van der Waals surface area contributed by atoms with Crippen molar-refractivity contribution in [1.82, 2.24) is 19.5 Å². The maximum Gasteiger partial charge on any atom is 0.128 e. The molecule has 2 heterocycles. The number of rotatable bonds is 3. The molecule has 0 spiro atoms. The number of aryl methyl sites for hydroxylation is 1. The number of fused-ring (bicyclic) bond motifs is 1. The lowest BCUT2D eigenvalue weighted by Gasteiger charge is -2.10. The molecule has 21 heavy (non-hydrogen) atoms. The molecule has 0 fully saturated rings. The van der Waals surface area contributed by atoms with Gasteiger partial charge in [-0.25, -0.2) is 15.0 Å². The second-order valence-electron chi connectivity index (χ2n) is 4.90. The van der Waals surface area contributed by atoms with Crippen molar-refractivity contribution < 1.29 is 0 Å². The van der Waals surface area contributed by atoms with E-state index in [1.807, 2.05) is 32.0 Å². The Morgan fingerprint density at radius 2 is 2.10 bits per heavy atom. The minimum atomic E-state index is -0.167. The number of halogens is 2. The molecule has 3 aromatic rings. The number of benzene rings is 1. The fourth-order valence-corrected chi connectivity index (χ4v) is 2.86. The van der Waals surface area contributed by atoms with E-state index in [0.29, 0.717) is 6.54 Å². The highest BCUT2D eigenvalue weighted by Gasteiger charge is 2.16. The van der Waals surface area contributed by atoms with Crippen molar-refractivity contribution in [1.29, 1.82) is 0 Å². The molecule has 1 aromatic carbocycles. The molecule has 108 valence electrons. The first-order valence-corrected chi connectivity index (χ1v) is 7.86. The van der Waals surface area contributed by atoms with Crippen LogP contribution in [-0.2, 0) is 6.54 Å². The van der Waals surface area contributed by atoms with Crippen molar-refractivity contribution >= 4 is 38.6 Å². The average Bonchev–Trinajstić information content (AvgIpc) is 2.77. The lowest BCUT2D eigenvalue weighted by molar-refractivity contribution is 0.721. The Labute approximate surface area is 136 Å². The first-order chi connectivity index (χ1) is 10.0. The Balaban J connectivity index is 2.14. The highest BCUT2D eigenvalue weighted by Crippen LogP contribution is 2.27. The van der Waals surface area contributed by atoms with Gasteiger partial charge in [-0.2, -0.15) is 0 Å². The summed E-state index contributed by atoms with van der Waals surface area (Å²) in [5.41, 5.74) is 2.93. The van der Waals surface area contributed by atoms with Crippen molar-refractivity contribution in [3.8, 4) is 0 Å². The van der Waals surface area contributed by atoms with Gasteiger partial charge >= 0.3 is 0 Å². The van der Waals surface area contributed by atoms with E-state index in [1.54, 1.807) is 6.20 Å². The molecule has 0 saturated heterocycles. The third-order valence-electron chi connectivity index (χ3n) is 3.25. The summed E-state index contributed by atoms with van der Waals surface area (Å²) in [4.78, 5) is 13.2. The fraction of sp³-hybridized carbons (Fsp3) is 0.267. The predicted octanol–water partition coefficient (Wildman–Crippen LogP) is 4.25. The molecule has 0 radical (unpaired) electrons. The Bertz CT molecular complexity index is 797. The number of nitrogens with zero attached hydrogens (tertiary/aromatic N) is 4. The van der Waals surface area contributed by atoms with Gasteiger partial charge < -0.3 is 4.57 Å². The normalized spacial score (nSPS) is 12.8. The van der Waals surface area contributed by atoms with Crippen LogP contribution in [0.1, 0.15) is 29.6 Å². The maximum atomic E-state index is 6.29. The van der Waals surface area contributed by atoms with Crippen LogP contribution in [0.25, 0.3) is 11.0 Å². The summed E-state index contributed by atoms with van der Waals surface area (Å²) in [6.07, 6.45) is 1.77. The standard InChI is InChI=1S/C15H14BrClN4/c1-9(17)15-20-13-4-3-11(16)7-14(13)21(15)8-12-5-6-18-10(2)19-12/h3-7,9H,8H2,1-2H3. The second kappa shape index (κ2) is 5.73. The maximum absolute atomic E-state index is 6.29. The molecule has 0 N–H and O–H groups in total. The highest BCUT2D eigenvalue weighted by molar-refractivity contribution is 9.10. The molecule has 0 saturated carbocycles. The smallest absolute Gasteiger partial charge is 0.128 e. The molecule has 0 aliphatic carbocycles. The monoisotopic (exact) mass is 364 g/mol. The summed E-state index contributed by atoms with van der Waals surface area (Å²) in [7, 11) is 0. The summed E-state index contributed by atoms with van der Waals surface area (Å²) in [5.74, 6) is 1.61. The molecule has 6 heteroatoms. The van der Waals surface area contributed by atoms with Crippen LogP contribution in [0.5, 0.6) is 0 Å². The highest BCUT2D eigenvalue weighted by atomic mass is 79.9. The first-order valence-electron chi connectivity index (χ1n) is 6.63. The predicted molar refractivity (Wildman–Crippen MR) is 87.6 cm³/mol. The molecule has 0 bridgehead atoms. The van der Waals surface area contributed by atoms with Crippen LogP contribution >= 0.6 is 27.5 Å². The lowest BCUT2D eigenvalue weighted by atomic mass is 10.3. The van der Waals surface area contributed by atoms with Crippen LogP contribution in [-0.4, -0.2) is 19.5 Å². The molecule has 4 nitrogen and oxygen atoms in total. The van der Waals surface area contributed by atoms with Crippen molar-refractivity contribution in [2.75, 3.05) is 0 Å². The third-order valence-corrected chi connectivity index (χ3v) is 3.94. The van der Waals surface area contributed by atoms with E-state index in [4.69, 9.17) is 11.6 Å². The van der Waals surface area contributed by atoms with Gasteiger partial charge in [-0.3, -0.25) is 0 Å². The third kappa shape index (κ3) is 2.94. The number of hydrogen-bond donors (Lipinski definition) is 0. The van der Waals surface area contributed by atoms with Crippen LogP contribution in [0.4, 0.5) is 0 Å². The SMILES string of the molecule is Cc1nccc(Cn2c(C(C)Cl)nc3ccc(Br)cc32)n1. The molecule has 0 amide bonds. The van der Waals surface area contributed by atoms with Gasteiger partial charge in [0.25, 0.3) is 0 Å². The molecule has 0 aliphatic rings. The van der Waals surface area contributed by atoms with Crippen LogP contribution in [0.15, 0.2) is 34.9 Å². The average molecular weight is 366 g/mol. The number of alkyl halides is 1. The topological polar surface area (TPSA) is 43.6 Å². The zero-order valence-electron chi connectivity index (χ0n) is 11.7. The van der Waals surface area contributed by atoms with Crippen molar-refractivity contribution in [2.24, 2.45) is 0 Å². The molecule has 1 atom stereocenters. The summed E-state index contributed by atoms with van der Waals surface area (Å²) in [6.45, 7) is 4.44. The van der Waals surface area contributed by atoms with Gasteiger partial charge in [0.2, 0.25) is 0 Å². The fourth-order valence-electron chi connectivity index (χ4n) is 2.34. The van der Waals surface area contributed by atoms with Gasteiger partial charge in [-0.1, -0.05) is 15.9 Å². The van der Waals surface area contributed by atoms with Crippen molar-refractivity contribution in [3.63, 3.8) is 0 Å². The number of hydrogen-bond acceptors (Lipinski definition) is 3. The van der Waals surface area contributed by atoms with Gasteiger partial charge in [-0.15, -0.1) is 11.6 Å². The van der Waals surface area contributed by atoms with E-state index in [1.165, 1.54) is 0 Å². The minimum Gasteiger partial charge on any atom is -0.321 e. The van der Waals surface area contributed by atoms with Gasteiger partial charge in [0.05, 0.1) is 28.6 Å². The Morgan fingerprint density at radius 1 is 1.29 bits per heavy atom.